The molecule has 7 nitrogen and oxygen atoms in total. The number of hydrogen-bond acceptors (Lipinski definition) is 5. The minimum atomic E-state index is -0.481. The molecule has 0 spiro atoms. The lowest BCUT2D eigenvalue weighted by Gasteiger charge is -2.29. The summed E-state index contributed by atoms with van der Waals surface area (Å²) in [6, 6.07) is 0. The Kier molecular flexibility index (Phi) is 5.28. The lowest BCUT2D eigenvalue weighted by atomic mass is 10.2. The smallest absolute Gasteiger partial charge is 0.410 e. The molecular formula is C16H27N5O2. The number of ether oxygens (including phenoxy) is 1. The van der Waals surface area contributed by atoms with E-state index >= 15 is 0 Å². The molecule has 0 unspecified atom stereocenters. The van der Waals surface area contributed by atoms with Gasteiger partial charge in [0.25, 0.3) is 0 Å². The van der Waals surface area contributed by atoms with Crippen molar-refractivity contribution in [1.82, 2.24) is 20.0 Å². The Bertz CT molecular complexity index is 586. The van der Waals surface area contributed by atoms with Crippen molar-refractivity contribution in [2.45, 2.75) is 46.3 Å². The van der Waals surface area contributed by atoms with Crippen molar-refractivity contribution in [2.75, 3.05) is 19.6 Å². The van der Waals surface area contributed by atoms with Gasteiger partial charge in [-0.25, -0.2) is 4.79 Å². The maximum atomic E-state index is 12.1. The molecule has 0 aromatic carbocycles. The van der Waals surface area contributed by atoms with Gasteiger partial charge in [-0.15, -0.1) is 0 Å². The fourth-order valence-corrected chi connectivity index (χ4v) is 2.44. The molecule has 0 atom stereocenters. The molecule has 0 radical (unpaired) electrons. The van der Waals surface area contributed by atoms with Crippen molar-refractivity contribution in [3.63, 3.8) is 0 Å². The van der Waals surface area contributed by atoms with Gasteiger partial charge in [0.05, 0.1) is 18.8 Å². The summed E-state index contributed by atoms with van der Waals surface area (Å²) in [5.41, 5.74) is 1.76. The molecule has 0 fully saturated rings. The summed E-state index contributed by atoms with van der Waals surface area (Å²) >= 11 is 0. The third-order valence-electron chi connectivity index (χ3n) is 3.47. The molecule has 1 aromatic rings. The molecule has 1 aliphatic rings. The second kappa shape index (κ2) is 7.02. The van der Waals surface area contributed by atoms with E-state index in [0.29, 0.717) is 26.2 Å². The number of carbonyl (C=O) groups is 1. The van der Waals surface area contributed by atoms with Crippen LogP contribution in [0.15, 0.2) is 11.2 Å². The first-order chi connectivity index (χ1) is 10.8. The number of carbonyl (C=O) groups excluding carboxylic acids is 1. The SMILES string of the molecule is CCc1nn(C)cc1CNC1=NCCN(C(=O)OC(C)(C)C)C1. The Morgan fingerprint density at radius 1 is 1.43 bits per heavy atom. The van der Waals surface area contributed by atoms with Gasteiger partial charge in [-0.1, -0.05) is 6.92 Å². The third-order valence-corrected chi connectivity index (χ3v) is 3.47. The zero-order valence-electron chi connectivity index (χ0n) is 14.7. The molecule has 0 bridgehead atoms. The Balaban J connectivity index is 1.91. The number of hydrogen-bond donors (Lipinski definition) is 1. The topological polar surface area (TPSA) is 71.8 Å². The third kappa shape index (κ3) is 4.97. The summed E-state index contributed by atoms with van der Waals surface area (Å²) < 4.78 is 7.24. The molecule has 2 rings (SSSR count). The van der Waals surface area contributed by atoms with E-state index in [1.807, 2.05) is 38.7 Å². The molecule has 1 amide bonds. The van der Waals surface area contributed by atoms with Crippen LogP contribution in [0, 0.1) is 0 Å². The van der Waals surface area contributed by atoms with Crippen LogP contribution in [0.25, 0.3) is 0 Å². The summed E-state index contributed by atoms with van der Waals surface area (Å²) in [5.74, 6) is 0.813. The van der Waals surface area contributed by atoms with Crippen molar-refractivity contribution in [3.8, 4) is 0 Å². The van der Waals surface area contributed by atoms with Crippen LogP contribution in [0.5, 0.6) is 0 Å². The van der Waals surface area contributed by atoms with Gasteiger partial charge >= 0.3 is 6.09 Å². The monoisotopic (exact) mass is 321 g/mol. The average Bonchev–Trinajstić information content (AvgIpc) is 2.84. The molecule has 0 saturated carbocycles. The van der Waals surface area contributed by atoms with Gasteiger partial charge in [0.2, 0.25) is 0 Å². The normalized spacial score (nSPS) is 15.3. The van der Waals surface area contributed by atoms with Crippen LogP contribution in [0.3, 0.4) is 0 Å². The van der Waals surface area contributed by atoms with Crippen LogP contribution in [-0.2, 0) is 24.8 Å². The second-order valence-electron chi connectivity index (χ2n) is 6.71. The first-order valence-electron chi connectivity index (χ1n) is 8.05. The average molecular weight is 321 g/mol. The van der Waals surface area contributed by atoms with E-state index in [1.54, 1.807) is 4.90 Å². The molecule has 7 heteroatoms. The van der Waals surface area contributed by atoms with E-state index < -0.39 is 5.60 Å². The highest BCUT2D eigenvalue weighted by atomic mass is 16.6. The summed E-state index contributed by atoms with van der Waals surface area (Å²) in [5, 5.41) is 7.75. The number of nitrogens with one attached hydrogen (secondary N) is 1. The van der Waals surface area contributed by atoms with Crippen molar-refractivity contribution >= 4 is 11.9 Å². The fraction of sp³-hybridized carbons (Fsp3) is 0.688. The van der Waals surface area contributed by atoms with Crippen LogP contribution < -0.4 is 5.32 Å². The number of rotatable bonds is 3. The first-order valence-corrected chi connectivity index (χ1v) is 8.05. The molecule has 1 N–H and O–H groups in total. The highest BCUT2D eigenvalue weighted by molar-refractivity contribution is 5.87. The molecular weight excluding hydrogens is 294 g/mol. The van der Waals surface area contributed by atoms with Crippen molar-refractivity contribution in [1.29, 1.82) is 0 Å². The van der Waals surface area contributed by atoms with Crippen LogP contribution in [-0.4, -0.2) is 51.8 Å². The molecule has 1 aromatic heterocycles. The van der Waals surface area contributed by atoms with Gasteiger partial charge in [-0.2, -0.15) is 5.10 Å². The first kappa shape index (κ1) is 17.3. The van der Waals surface area contributed by atoms with Crippen LogP contribution in [0.2, 0.25) is 0 Å². The van der Waals surface area contributed by atoms with E-state index in [4.69, 9.17) is 4.74 Å². The van der Waals surface area contributed by atoms with Gasteiger partial charge in [-0.05, 0) is 27.2 Å². The molecule has 1 aliphatic heterocycles. The number of aryl methyl sites for hydroxylation is 2. The van der Waals surface area contributed by atoms with E-state index in [1.165, 1.54) is 0 Å². The Morgan fingerprint density at radius 3 is 2.83 bits per heavy atom. The quantitative estimate of drug-likeness (QED) is 0.920. The maximum Gasteiger partial charge on any atom is 0.410 e. The van der Waals surface area contributed by atoms with Crippen molar-refractivity contribution < 1.29 is 9.53 Å². The largest absolute Gasteiger partial charge is 0.444 e. The van der Waals surface area contributed by atoms with Gasteiger partial charge in [0, 0.05) is 31.9 Å². The van der Waals surface area contributed by atoms with E-state index in [0.717, 1.165) is 23.5 Å². The molecule has 0 aliphatic carbocycles. The number of amidine groups is 1. The number of nitrogens with zero attached hydrogens (tertiary/aromatic N) is 4. The van der Waals surface area contributed by atoms with Gasteiger partial charge in [-0.3, -0.25) is 14.6 Å². The summed E-state index contributed by atoms with van der Waals surface area (Å²) in [4.78, 5) is 18.3. The van der Waals surface area contributed by atoms with Crippen molar-refractivity contribution in [2.24, 2.45) is 12.0 Å². The van der Waals surface area contributed by atoms with E-state index in [9.17, 15) is 4.79 Å². The van der Waals surface area contributed by atoms with Gasteiger partial charge < -0.3 is 10.1 Å². The summed E-state index contributed by atoms with van der Waals surface area (Å²) in [6.07, 6.45) is 2.62. The van der Waals surface area contributed by atoms with Gasteiger partial charge in [0.1, 0.15) is 11.4 Å². The Morgan fingerprint density at radius 2 is 2.17 bits per heavy atom. The summed E-state index contributed by atoms with van der Waals surface area (Å²) in [6.45, 7) is 10.0. The lowest BCUT2D eigenvalue weighted by molar-refractivity contribution is 0.0276. The zero-order chi connectivity index (χ0) is 17.0. The molecule has 0 saturated heterocycles. The Labute approximate surface area is 137 Å². The predicted octanol–water partition coefficient (Wildman–Crippen LogP) is 1.72. The standard InChI is InChI=1S/C16H27N5O2/c1-6-13-12(10-20(5)19-13)9-18-14-11-21(8-7-17-14)15(22)23-16(2,3)4/h10H,6-9,11H2,1-5H3,(H,17,18). The molecule has 128 valence electrons. The minimum absolute atomic E-state index is 0.290. The lowest BCUT2D eigenvalue weighted by Crippen LogP contribution is -2.47. The van der Waals surface area contributed by atoms with E-state index in [2.05, 4.69) is 22.3 Å². The number of aromatic nitrogens is 2. The second-order valence-corrected chi connectivity index (χ2v) is 6.71. The van der Waals surface area contributed by atoms with Crippen LogP contribution >= 0.6 is 0 Å². The highest BCUT2D eigenvalue weighted by Crippen LogP contribution is 2.11. The minimum Gasteiger partial charge on any atom is -0.444 e. The molecule has 2 heterocycles. The van der Waals surface area contributed by atoms with E-state index in [-0.39, 0.29) is 6.09 Å². The van der Waals surface area contributed by atoms with Crippen LogP contribution in [0.4, 0.5) is 4.79 Å². The van der Waals surface area contributed by atoms with Gasteiger partial charge in [0.15, 0.2) is 0 Å². The molecule has 23 heavy (non-hydrogen) atoms. The highest BCUT2D eigenvalue weighted by Gasteiger charge is 2.25. The number of aliphatic imine (C=N–C) groups is 1. The Hall–Kier alpha value is -2.05. The maximum absolute atomic E-state index is 12.1. The number of amides is 1. The van der Waals surface area contributed by atoms with Crippen molar-refractivity contribution in [3.05, 3.63) is 17.5 Å². The van der Waals surface area contributed by atoms with Crippen LogP contribution in [0.1, 0.15) is 39.0 Å². The summed E-state index contributed by atoms with van der Waals surface area (Å²) in [7, 11) is 1.92. The zero-order valence-corrected chi connectivity index (χ0v) is 14.7. The fourth-order valence-electron chi connectivity index (χ4n) is 2.44. The predicted molar refractivity (Wildman–Crippen MR) is 89.5 cm³/mol.